The quantitative estimate of drug-likeness (QED) is 0.592. The summed E-state index contributed by atoms with van der Waals surface area (Å²) in [4.78, 5) is 28.4. The number of aromatic nitrogens is 3. The van der Waals surface area contributed by atoms with Crippen molar-refractivity contribution in [3.63, 3.8) is 0 Å². The SMILES string of the molecule is Cc1nc(N(C)C(=O)C2CN(c3ncc(-c4cc(F)ccc4F)cn3)C2)sc1S(N)(=O)=O. The topological polar surface area (TPSA) is 122 Å². The molecule has 168 valence electrons. The fourth-order valence-corrected chi connectivity index (χ4v) is 5.20. The zero-order chi connectivity index (χ0) is 23.2. The minimum absolute atomic E-state index is 0.0624. The van der Waals surface area contributed by atoms with Gasteiger partial charge in [-0.2, -0.15) is 0 Å². The third kappa shape index (κ3) is 4.18. The van der Waals surface area contributed by atoms with E-state index in [2.05, 4.69) is 15.0 Å². The van der Waals surface area contributed by atoms with Gasteiger partial charge in [-0.3, -0.25) is 9.69 Å². The van der Waals surface area contributed by atoms with Crippen LogP contribution in [0.4, 0.5) is 19.9 Å². The Labute approximate surface area is 186 Å². The zero-order valence-corrected chi connectivity index (χ0v) is 18.6. The first-order chi connectivity index (χ1) is 15.0. The molecule has 0 aliphatic carbocycles. The molecule has 0 radical (unpaired) electrons. The molecule has 1 amide bonds. The minimum atomic E-state index is -3.91. The van der Waals surface area contributed by atoms with Crippen molar-refractivity contribution in [2.75, 3.05) is 29.9 Å². The average molecular weight is 481 g/mol. The molecule has 2 N–H and O–H groups in total. The molecule has 0 atom stereocenters. The number of hydrogen-bond acceptors (Lipinski definition) is 8. The minimum Gasteiger partial charge on any atom is -0.339 e. The predicted octanol–water partition coefficient (Wildman–Crippen LogP) is 1.93. The summed E-state index contributed by atoms with van der Waals surface area (Å²) in [5, 5.41) is 5.41. The first-order valence-electron chi connectivity index (χ1n) is 9.35. The summed E-state index contributed by atoms with van der Waals surface area (Å²) in [5.74, 6) is -1.37. The van der Waals surface area contributed by atoms with E-state index in [9.17, 15) is 22.0 Å². The normalized spacial score (nSPS) is 14.3. The van der Waals surface area contributed by atoms with Crippen LogP contribution in [0.15, 0.2) is 34.8 Å². The average Bonchev–Trinajstić information content (AvgIpc) is 3.11. The number of rotatable bonds is 5. The van der Waals surface area contributed by atoms with Crippen LogP contribution in [0.1, 0.15) is 5.69 Å². The number of carbonyl (C=O) groups excluding carboxylic acids is 1. The zero-order valence-electron chi connectivity index (χ0n) is 17.0. The molecule has 3 aromatic rings. The van der Waals surface area contributed by atoms with Crippen molar-refractivity contribution in [1.29, 1.82) is 0 Å². The summed E-state index contributed by atoms with van der Waals surface area (Å²) < 4.78 is 50.4. The highest BCUT2D eigenvalue weighted by molar-refractivity contribution is 7.91. The smallest absolute Gasteiger partial charge is 0.249 e. The van der Waals surface area contributed by atoms with Gasteiger partial charge in [-0.25, -0.2) is 37.3 Å². The largest absolute Gasteiger partial charge is 0.339 e. The number of nitrogens with two attached hydrogens (primary N) is 1. The Hall–Kier alpha value is -3.03. The molecule has 1 aliphatic rings. The maximum absolute atomic E-state index is 13.9. The van der Waals surface area contributed by atoms with Crippen LogP contribution in [0.2, 0.25) is 0 Å². The van der Waals surface area contributed by atoms with Gasteiger partial charge in [0, 0.05) is 43.7 Å². The number of halogens is 2. The van der Waals surface area contributed by atoms with E-state index in [-0.39, 0.29) is 32.4 Å². The summed E-state index contributed by atoms with van der Waals surface area (Å²) in [6.07, 6.45) is 2.79. The van der Waals surface area contributed by atoms with E-state index >= 15 is 0 Å². The molecule has 0 saturated carbocycles. The highest BCUT2D eigenvalue weighted by atomic mass is 32.2. The van der Waals surface area contributed by atoms with E-state index in [4.69, 9.17) is 5.14 Å². The first-order valence-corrected chi connectivity index (χ1v) is 11.7. The Morgan fingerprint density at radius 2 is 1.91 bits per heavy atom. The lowest BCUT2D eigenvalue weighted by Gasteiger charge is -2.39. The third-order valence-electron chi connectivity index (χ3n) is 5.01. The van der Waals surface area contributed by atoms with E-state index in [0.717, 1.165) is 29.5 Å². The van der Waals surface area contributed by atoms with Gasteiger partial charge in [-0.1, -0.05) is 11.3 Å². The van der Waals surface area contributed by atoms with Crippen LogP contribution in [0.5, 0.6) is 0 Å². The van der Waals surface area contributed by atoms with Crippen molar-refractivity contribution in [1.82, 2.24) is 15.0 Å². The van der Waals surface area contributed by atoms with Gasteiger partial charge in [0.15, 0.2) is 9.34 Å². The molecule has 1 saturated heterocycles. The van der Waals surface area contributed by atoms with E-state index < -0.39 is 21.7 Å². The number of primary sulfonamides is 1. The Balaban J connectivity index is 1.41. The van der Waals surface area contributed by atoms with Crippen LogP contribution in [-0.2, 0) is 14.8 Å². The third-order valence-corrected chi connectivity index (χ3v) is 7.80. The van der Waals surface area contributed by atoms with Gasteiger partial charge in [0.2, 0.25) is 21.9 Å². The van der Waals surface area contributed by atoms with Crippen LogP contribution in [0.25, 0.3) is 11.1 Å². The number of anilines is 2. The molecular weight excluding hydrogens is 462 g/mol. The second kappa shape index (κ2) is 8.15. The van der Waals surface area contributed by atoms with E-state index in [1.54, 1.807) is 4.90 Å². The van der Waals surface area contributed by atoms with Crippen molar-refractivity contribution >= 4 is 38.3 Å². The maximum atomic E-state index is 13.9. The van der Waals surface area contributed by atoms with Gasteiger partial charge < -0.3 is 4.90 Å². The Bertz CT molecular complexity index is 1290. The van der Waals surface area contributed by atoms with Crippen LogP contribution in [-0.4, -0.2) is 49.4 Å². The molecule has 4 rings (SSSR count). The molecule has 1 aliphatic heterocycles. The lowest BCUT2D eigenvalue weighted by atomic mass is 9.99. The van der Waals surface area contributed by atoms with Crippen LogP contribution in [0, 0.1) is 24.5 Å². The highest BCUT2D eigenvalue weighted by Gasteiger charge is 2.37. The van der Waals surface area contributed by atoms with Crippen molar-refractivity contribution in [2.24, 2.45) is 11.1 Å². The Morgan fingerprint density at radius 1 is 1.25 bits per heavy atom. The molecule has 3 heterocycles. The van der Waals surface area contributed by atoms with Gasteiger partial charge >= 0.3 is 0 Å². The van der Waals surface area contributed by atoms with Gasteiger partial charge in [0.05, 0.1) is 11.6 Å². The Kier molecular flexibility index (Phi) is 5.65. The molecule has 0 bridgehead atoms. The standard InChI is InChI=1S/C19H18F2N6O3S2/c1-10-17(32(22,29)30)31-19(25-10)26(2)16(28)12-8-27(9-12)18-23-6-11(7-24-18)14-5-13(20)3-4-15(14)21/h3-7,12H,8-9H2,1-2H3,(H2,22,29,30). The van der Waals surface area contributed by atoms with Crippen LogP contribution >= 0.6 is 11.3 Å². The summed E-state index contributed by atoms with van der Waals surface area (Å²) >= 11 is 0.839. The molecular formula is C19H18F2N6O3S2. The molecule has 1 fully saturated rings. The Morgan fingerprint density at radius 3 is 2.50 bits per heavy atom. The maximum Gasteiger partial charge on any atom is 0.249 e. The molecule has 32 heavy (non-hydrogen) atoms. The monoisotopic (exact) mass is 480 g/mol. The van der Waals surface area contributed by atoms with Gasteiger partial charge in [0.1, 0.15) is 11.6 Å². The summed E-state index contributed by atoms with van der Waals surface area (Å²) in [6.45, 7) is 2.21. The van der Waals surface area contributed by atoms with E-state index in [1.807, 2.05) is 0 Å². The predicted molar refractivity (Wildman–Crippen MR) is 115 cm³/mol. The summed E-state index contributed by atoms with van der Waals surface area (Å²) in [5.41, 5.74) is 0.640. The number of benzene rings is 1. The summed E-state index contributed by atoms with van der Waals surface area (Å²) in [6, 6.07) is 3.14. The van der Waals surface area contributed by atoms with Gasteiger partial charge in [-0.15, -0.1) is 0 Å². The number of thiazole rings is 1. The molecule has 13 heteroatoms. The van der Waals surface area contributed by atoms with Crippen LogP contribution in [0.3, 0.4) is 0 Å². The fourth-order valence-electron chi connectivity index (χ4n) is 3.28. The van der Waals surface area contributed by atoms with Gasteiger partial charge in [0.25, 0.3) is 0 Å². The second-order valence-electron chi connectivity index (χ2n) is 7.31. The lowest BCUT2D eigenvalue weighted by Crippen LogP contribution is -2.54. The molecule has 0 spiro atoms. The van der Waals surface area contributed by atoms with Crippen LogP contribution < -0.4 is 14.9 Å². The van der Waals surface area contributed by atoms with E-state index in [1.165, 1.54) is 31.3 Å². The van der Waals surface area contributed by atoms with Crippen molar-refractivity contribution in [3.05, 3.63) is 47.9 Å². The number of aryl methyl sites for hydroxylation is 1. The van der Waals surface area contributed by atoms with Crippen molar-refractivity contribution < 1.29 is 22.0 Å². The number of amides is 1. The molecule has 2 aromatic heterocycles. The number of nitrogens with zero attached hydrogens (tertiary/aromatic N) is 5. The second-order valence-corrected chi connectivity index (χ2v) is 10.0. The number of sulfonamides is 1. The van der Waals surface area contributed by atoms with Crippen molar-refractivity contribution in [3.8, 4) is 11.1 Å². The van der Waals surface area contributed by atoms with E-state index in [0.29, 0.717) is 24.6 Å². The number of hydrogen-bond donors (Lipinski definition) is 1. The molecule has 0 unspecified atom stereocenters. The number of carbonyl (C=O) groups is 1. The molecule has 9 nitrogen and oxygen atoms in total. The van der Waals surface area contributed by atoms with Gasteiger partial charge in [-0.05, 0) is 25.1 Å². The first kappa shape index (κ1) is 22.2. The highest BCUT2D eigenvalue weighted by Crippen LogP contribution is 2.31. The fraction of sp³-hybridized carbons (Fsp3) is 0.263. The molecule has 1 aromatic carbocycles. The lowest BCUT2D eigenvalue weighted by molar-refractivity contribution is -0.122. The summed E-state index contributed by atoms with van der Waals surface area (Å²) in [7, 11) is -2.39. The van der Waals surface area contributed by atoms with Crippen molar-refractivity contribution in [2.45, 2.75) is 11.1 Å².